The van der Waals surface area contributed by atoms with Crippen LogP contribution in [0.2, 0.25) is 0 Å². The second-order valence-electron chi connectivity index (χ2n) is 17.9. The molecule has 67 heavy (non-hydrogen) atoms. The topological polar surface area (TPSA) is 117 Å². The molecule has 0 saturated heterocycles. The molecule has 368 valence electrons. The molecule has 0 aliphatic carbocycles. The number of hydrogen-bond donors (Lipinski definition) is 0. The van der Waals surface area contributed by atoms with Gasteiger partial charge in [-0.05, 0) is 122 Å². The summed E-state index contributed by atoms with van der Waals surface area (Å²) in [6.45, 7) is 8.90. The minimum atomic E-state index is -4.49. The maximum Gasteiger partial charge on any atom is 2.00 e. The van der Waals surface area contributed by atoms with Crippen LogP contribution in [0.15, 0.2) is 97.1 Å². The summed E-state index contributed by atoms with van der Waals surface area (Å²) < 4.78 is 45.2. The summed E-state index contributed by atoms with van der Waals surface area (Å²) in [6.07, 6.45) is 34.2. The Morgan fingerprint density at radius 1 is 0.299 bits per heavy atom. The fraction of sp³-hybridized carbons (Fsp3) is 0.571. The molecule has 8 nitrogen and oxygen atoms in total. The van der Waals surface area contributed by atoms with E-state index in [1.807, 2.05) is 48.5 Å². The number of phosphoric acid groups is 2. The Kier molecular flexibility index (Phi) is 34.1. The first-order chi connectivity index (χ1) is 32.0. The van der Waals surface area contributed by atoms with E-state index in [0.29, 0.717) is 0 Å². The Labute approximate surface area is 437 Å². The van der Waals surface area contributed by atoms with E-state index >= 15 is 0 Å². The van der Waals surface area contributed by atoms with E-state index in [-0.39, 0.29) is 60.7 Å². The molecule has 4 aromatic carbocycles. The third-order valence-electron chi connectivity index (χ3n) is 11.8. The molecule has 0 unspecified atom stereocenters. The molecule has 4 aromatic rings. The van der Waals surface area contributed by atoms with Crippen molar-refractivity contribution < 1.29 is 37.0 Å². The van der Waals surface area contributed by atoms with Crippen molar-refractivity contribution in [1.29, 1.82) is 0 Å². The first kappa shape index (κ1) is 60.8. The van der Waals surface area contributed by atoms with Gasteiger partial charge in [-0.25, -0.2) is 9.13 Å². The zero-order chi connectivity index (χ0) is 47.6. The minimum absolute atomic E-state index is 0. The summed E-state index contributed by atoms with van der Waals surface area (Å²) in [5.41, 5.74) is 4.78. The number of unbranched alkanes of at least 4 members (excludes halogenated alkanes) is 20. The Morgan fingerprint density at radius 3 is 0.642 bits per heavy atom. The van der Waals surface area contributed by atoms with Crippen molar-refractivity contribution in [1.82, 2.24) is 0 Å². The predicted molar refractivity (Wildman–Crippen MR) is 278 cm³/mol. The molecule has 0 aromatic heterocycles. The van der Waals surface area contributed by atoms with Crippen molar-refractivity contribution in [2.24, 2.45) is 0 Å². The Bertz CT molecular complexity index is 1620. The van der Waals surface area contributed by atoms with E-state index < -0.39 is 15.6 Å². The molecule has 0 aliphatic rings. The number of aryl methyl sites for hydroxylation is 4. The number of phosphoric ester groups is 2. The van der Waals surface area contributed by atoms with Crippen LogP contribution < -0.4 is 27.9 Å². The molecule has 0 atom stereocenters. The molecule has 0 saturated carbocycles. The molecule has 0 aliphatic heterocycles. The van der Waals surface area contributed by atoms with E-state index in [1.165, 1.54) is 151 Å². The van der Waals surface area contributed by atoms with Gasteiger partial charge < -0.3 is 27.9 Å². The molecular weight excluding hydrogens is 903 g/mol. The van der Waals surface area contributed by atoms with Crippen molar-refractivity contribution in [3.63, 3.8) is 0 Å². The average Bonchev–Trinajstić information content (AvgIpc) is 3.30. The van der Waals surface area contributed by atoms with E-state index in [2.05, 4.69) is 27.7 Å². The average molecular weight is 987 g/mol. The van der Waals surface area contributed by atoms with Crippen LogP contribution in [0.1, 0.15) is 204 Å². The predicted octanol–water partition coefficient (Wildman–Crippen LogP) is 16.5. The van der Waals surface area contributed by atoms with E-state index in [1.54, 1.807) is 48.5 Å². The first-order valence-electron chi connectivity index (χ1n) is 25.8. The summed E-state index contributed by atoms with van der Waals surface area (Å²) >= 11 is 0. The zero-order valence-electron chi connectivity index (χ0n) is 41.9. The van der Waals surface area contributed by atoms with Crippen LogP contribution in [0.3, 0.4) is 0 Å². The molecule has 0 amide bonds. The van der Waals surface area contributed by atoms with Gasteiger partial charge in [0, 0.05) is 0 Å². The molecule has 0 heterocycles. The summed E-state index contributed by atoms with van der Waals surface area (Å²) in [5, 5.41) is 0. The molecule has 0 bridgehead atoms. The summed E-state index contributed by atoms with van der Waals surface area (Å²) in [5.74, 6) is 1.11. The fourth-order valence-electron chi connectivity index (χ4n) is 7.86. The van der Waals surface area contributed by atoms with Gasteiger partial charge in [-0.3, -0.25) is 0 Å². The molecule has 0 radical (unpaired) electrons. The molecular formula is C56H84CaO8P2. The maximum atomic E-state index is 12.3. The van der Waals surface area contributed by atoms with Gasteiger partial charge in [0.25, 0.3) is 0 Å². The van der Waals surface area contributed by atoms with Crippen LogP contribution in [0, 0.1) is 0 Å². The van der Waals surface area contributed by atoms with Crippen molar-refractivity contribution in [2.45, 2.75) is 207 Å². The fourth-order valence-corrected chi connectivity index (χ4v) is 9.45. The molecule has 11 heteroatoms. The Hall–Kier alpha value is -2.28. The van der Waals surface area contributed by atoms with Crippen molar-refractivity contribution >= 4 is 53.4 Å². The van der Waals surface area contributed by atoms with Crippen molar-refractivity contribution in [3.05, 3.63) is 119 Å². The normalized spacial score (nSPS) is 11.3. The van der Waals surface area contributed by atoms with Gasteiger partial charge in [0.05, 0.1) is 0 Å². The first-order valence-corrected chi connectivity index (χ1v) is 28.7. The molecule has 4 rings (SSSR count). The Morgan fingerprint density at radius 2 is 0.463 bits per heavy atom. The van der Waals surface area contributed by atoms with Crippen LogP contribution >= 0.6 is 15.6 Å². The quantitative estimate of drug-likeness (QED) is 0.0251. The summed E-state index contributed by atoms with van der Waals surface area (Å²) in [6, 6.07) is 29.0. The van der Waals surface area contributed by atoms with Gasteiger partial charge in [-0.2, -0.15) is 0 Å². The van der Waals surface area contributed by atoms with E-state index in [4.69, 9.17) is 18.1 Å². The van der Waals surface area contributed by atoms with E-state index in [0.717, 1.165) is 51.4 Å². The van der Waals surface area contributed by atoms with Crippen LogP contribution in [-0.2, 0) is 34.8 Å². The van der Waals surface area contributed by atoms with Gasteiger partial charge >= 0.3 is 53.4 Å². The standard InChI is InChI=1S/2C28H43O4P.Ca/c2*1-3-5-7-9-11-13-15-25-17-21-27(22-18-25)31-33(29,30)32-28-23-19-26(20-24-28)16-14-12-10-8-6-4-2;/h2*17-24H,3-16H2,1-2H3,(H,29,30);/q;;+2/p-2. The van der Waals surface area contributed by atoms with Gasteiger partial charge in [0.2, 0.25) is 0 Å². The zero-order valence-corrected chi connectivity index (χ0v) is 45.9. The summed E-state index contributed by atoms with van der Waals surface area (Å²) in [4.78, 5) is 24.6. The van der Waals surface area contributed by atoms with Crippen LogP contribution in [0.5, 0.6) is 23.0 Å². The number of benzene rings is 4. The smallest absolute Gasteiger partial charge is 0.736 e. The molecule has 0 spiro atoms. The maximum absolute atomic E-state index is 12.3. The van der Waals surface area contributed by atoms with Crippen molar-refractivity contribution in [3.8, 4) is 23.0 Å². The van der Waals surface area contributed by atoms with Crippen LogP contribution in [0.4, 0.5) is 0 Å². The molecule has 0 fully saturated rings. The third kappa shape index (κ3) is 30.2. The van der Waals surface area contributed by atoms with Crippen LogP contribution in [0.25, 0.3) is 0 Å². The van der Waals surface area contributed by atoms with Gasteiger partial charge in [-0.15, -0.1) is 0 Å². The van der Waals surface area contributed by atoms with Gasteiger partial charge in [0.15, 0.2) is 0 Å². The Balaban J connectivity index is 0.000000453. The van der Waals surface area contributed by atoms with Gasteiger partial charge in [-0.1, -0.05) is 205 Å². The van der Waals surface area contributed by atoms with E-state index in [9.17, 15) is 18.9 Å². The number of hydrogen-bond acceptors (Lipinski definition) is 8. The van der Waals surface area contributed by atoms with Crippen LogP contribution in [-0.4, -0.2) is 37.7 Å². The monoisotopic (exact) mass is 987 g/mol. The SMILES string of the molecule is CCCCCCCCc1ccc(OP(=O)([O-])Oc2ccc(CCCCCCCC)cc2)cc1.CCCCCCCCc1ccc(OP(=O)([O-])Oc2ccc(CCCCCCCC)cc2)cc1.[Ca+2]. The largest absolute Gasteiger partial charge is 2.00 e. The molecule has 0 N–H and O–H groups in total. The van der Waals surface area contributed by atoms with Crippen molar-refractivity contribution in [2.75, 3.05) is 0 Å². The second kappa shape index (κ2) is 37.5. The third-order valence-corrected chi connectivity index (χ3v) is 13.6. The summed E-state index contributed by atoms with van der Waals surface area (Å²) in [7, 11) is -8.98. The minimum Gasteiger partial charge on any atom is -0.736 e. The van der Waals surface area contributed by atoms with Gasteiger partial charge in [0.1, 0.15) is 23.0 Å². The second-order valence-corrected chi connectivity index (χ2v) is 20.4. The number of rotatable bonds is 36.